The molecule has 0 aliphatic heterocycles. The topological polar surface area (TPSA) is 75.6 Å². The summed E-state index contributed by atoms with van der Waals surface area (Å²) in [6.07, 6.45) is 2.75. The fourth-order valence-corrected chi connectivity index (χ4v) is 2.39. The van der Waals surface area contributed by atoms with Crippen LogP contribution in [0.2, 0.25) is 0 Å². The zero-order valence-corrected chi connectivity index (χ0v) is 14.0. The minimum absolute atomic E-state index is 0.331. The number of hydrogen-bond donors (Lipinski definition) is 2. The Morgan fingerprint density at radius 2 is 1.87 bits per heavy atom. The highest BCUT2D eigenvalue weighted by molar-refractivity contribution is 5.80. The minimum atomic E-state index is -1.05. The maximum Gasteiger partial charge on any atom is 0.408 e. The summed E-state index contributed by atoms with van der Waals surface area (Å²) in [5, 5.41) is 11.7. The van der Waals surface area contributed by atoms with Crippen molar-refractivity contribution in [1.29, 1.82) is 0 Å². The van der Waals surface area contributed by atoms with E-state index < -0.39 is 23.7 Å². The van der Waals surface area contributed by atoms with Crippen molar-refractivity contribution in [1.82, 2.24) is 5.32 Å². The normalized spacial score (nSPS) is 15.8. The van der Waals surface area contributed by atoms with Gasteiger partial charge in [-0.3, -0.25) is 0 Å². The van der Waals surface area contributed by atoms with Crippen molar-refractivity contribution in [2.24, 2.45) is 0 Å². The molecule has 1 saturated carbocycles. The highest BCUT2D eigenvalue weighted by atomic mass is 16.6. The highest BCUT2D eigenvalue weighted by Gasteiger charge is 2.24. The number of rotatable bonds is 6. The monoisotopic (exact) mass is 319 g/mol. The van der Waals surface area contributed by atoms with E-state index in [1.807, 2.05) is 12.1 Å². The number of alkyl carbamates (subject to hydrolysis) is 1. The Kier molecular flexibility index (Phi) is 5.29. The number of carbonyl (C=O) groups is 2. The predicted octanol–water partition coefficient (Wildman–Crippen LogP) is 3.47. The van der Waals surface area contributed by atoms with Gasteiger partial charge in [0, 0.05) is 0 Å². The van der Waals surface area contributed by atoms with Crippen LogP contribution in [0.25, 0.3) is 0 Å². The van der Waals surface area contributed by atoms with Crippen LogP contribution in [0.1, 0.15) is 57.1 Å². The summed E-state index contributed by atoms with van der Waals surface area (Å²) in [6.45, 7) is 5.22. The van der Waals surface area contributed by atoms with Gasteiger partial charge in [-0.15, -0.1) is 0 Å². The van der Waals surface area contributed by atoms with Gasteiger partial charge in [-0.2, -0.15) is 0 Å². The van der Waals surface area contributed by atoms with Crippen LogP contribution in [0.15, 0.2) is 24.3 Å². The van der Waals surface area contributed by atoms with E-state index >= 15 is 0 Å². The molecule has 1 aliphatic rings. The molecule has 5 nitrogen and oxygen atoms in total. The first-order valence-corrected chi connectivity index (χ1v) is 8.06. The third kappa shape index (κ3) is 5.93. The van der Waals surface area contributed by atoms with E-state index in [9.17, 15) is 14.7 Å². The highest BCUT2D eigenvalue weighted by Crippen LogP contribution is 2.39. The third-order valence-corrected chi connectivity index (χ3v) is 3.74. The van der Waals surface area contributed by atoms with Gasteiger partial charge in [0.25, 0.3) is 0 Å². The van der Waals surface area contributed by atoms with Crippen molar-refractivity contribution < 1.29 is 19.4 Å². The lowest BCUT2D eigenvalue weighted by Crippen LogP contribution is -2.43. The molecule has 0 radical (unpaired) electrons. The predicted molar refractivity (Wildman–Crippen MR) is 87.5 cm³/mol. The summed E-state index contributed by atoms with van der Waals surface area (Å²) >= 11 is 0. The van der Waals surface area contributed by atoms with Crippen molar-refractivity contribution >= 4 is 12.1 Å². The Labute approximate surface area is 137 Å². The molecule has 0 saturated heterocycles. The summed E-state index contributed by atoms with van der Waals surface area (Å²) in [5.41, 5.74) is 1.79. The standard InChI is InChI=1S/C18H25NO4/c1-18(2,3)23-17(22)19-15(16(20)21)11-6-12-4-7-13(8-5-12)14-9-10-14/h4-5,7-8,14-15H,6,9-11H2,1-3H3,(H,19,22)(H,20,21)/t15-/m1/s1. The second-order valence-electron chi connectivity index (χ2n) is 7.09. The summed E-state index contributed by atoms with van der Waals surface area (Å²) in [7, 11) is 0. The number of carboxylic acid groups (broad SMARTS) is 1. The average molecular weight is 319 g/mol. The van der Waals surface area contributed by atoms with E-state index in [4.69, 9.17) is 4.74 Å². The Morgan fingerprint density at radius 3 is 2.35 bits per heavy atom. The number of ether oxygens (including phenoxy) is 1. The van der Waals surface area contributed by atoms with Crippen LogP contribution in [0.4, 0.5) is 4.79 Å². The number of benzene rings is 1. The van der Waals surface area contributed by atoms with E-state index in [1.165, 1.54) is 18.4 Å². The average Bonchev–Trinajstić information content (AvgIpc) is 3.26. The quantitative estimate of drug-likeness (QED) is 0.842. The number of aliphatic carboxylic acids is 1. The molecule has 1 atom stereocenters. The van der Waals surface area contributed by atoms with Gasteiger partial charge in [0.2, 0.25) is 0 Å². The number of carbonyl (C=O) groups excluding carboxylic acids is 1. The summed E-state index contributed by atoms with van der Waals surface area (Å²) in [6, 6.07) is 7.36. The fraction of sp³-hybridized carbons (Fsp3) is 0.556. The first-order chi connectivity index (χ1) is 10.7. The molecular weight excluding hydrogens is 294 g/mol. The van der Waals surface area contributed by atoms with E-state index in [-0.39, 0.29) is 0 Å². The largest absolute Gasteiger partial charge is 0.480 e. The van der Waals surface area contributed by atoms with Gasteiger partial charge in [0.05, 0.1) is 0 Å². The second kappa shape index (κ2) is 7.02. The summed E-state index contributed by atoms with van der Waals surface area (Å²) < 4.78 is 5.11. The number of amides is 1. The summed E-state index contributed by atoms with van der Waals surface area (Å²) in [5.74, 6) is -0.338. The zero-order valence-electron chi connectivity index (χ0n) is 14.0. The first kappa shape index (κ1) is 17.3. The van der Waals surface area contributed by atoms with Gasteiger partial charge >= 0.3 is 12.1 Å². The van der Waals surface area contributed by atoms with Crippen LogP contribution in [0.5, 0.6) is 0 Å². The van der Waals surface area contributed by atoms with E-state index in [0.29, 0.717) is 18.8 Å². The Hall–Kier alpha value is -2.04. The Balaban J connectivity index is 1.86. The second-order valence-corrected chi connectivity index (χ2v) is 7.09. The van der Waals surface area contributed by atoms with Crippen LogP contribution in [-0.2, 0) is 16.0 Å². The maximum atomic E-state index is 11.7. The lowest BCUT2D eigenvalue weighted by molar-refractivity contribution is -0.139. The molecule has 2 N–H and O–H groups in total. The number of hydrogen-bond acceptors (Lipinski definition) is 3. The minimum Gasteiger partial charge on any atom is -0.480 e. The molecule has 1 amide bonds. The van der Waals surface area contributed by atoms with Crippen LogP contribution >= 0.6 is 0 Å². The number of carboxylic acids is 1. The molecule has 1 aromatic rings. The number of nitrogens with one attached hydrogen (secondary N) is 1. The molecule has 1 aromatic carbocycles. The van der Waals surface area contributed by atoms with E-state index in [0.717, 1.165) is 5.56 Å². The van der Waals surface area contributed by atoms with Crippen molar-refractivity contribution in [2.75, 3.05) is 0 Å². The van der Waals surface area contributed by atoms with Crippen LogP contribution < -0.4 is 5.32 Å². The smallest absolute Gasteiger partial charge is 0.408 e. The SMILES string of the molecule is CC(C)(C)OC(=O)N[C@H](CCc1ccc(C2CC2)cc1)C(=O)O. The van der Waals surface area contributed by atoms with Gasteiger partial charge < -0.3 is 15.2 Å². The molecule has 126 valence electrons. The Bertz CT molecular complexity index is 555. The van der Waals surface area contributed by atoms with Gasteiger partial charge in [0.1, 0.15) is 11.6 Å². The van der Waals surface area contributed by atoms with Crippen molar-refractivity contribution in [3.63, 3.8) is 0 Å². The van der Waals surface area contributed by atoms with Crippen LogP contribution in [0.3, 0.4) is 0 Å². The summed E-state index contributed by atoms with van der Waals surface area (Å²) in [4.78, 5) is 23.0. The van der Waals surface area contributed by atoms with Gasteiger partial charge in [-0.25, -0.2) is 9.59 Å². The van der Waals surface area contributed by atoms with Crippen molar-refractivity contribution in [2.45, 2.75) is 64.0 Å². The van der Waals surface area contributed by atoms with Crippen molar-refractivity contribution in [3.8, 4) is 0 Å². The molecule has 0 unspecified atom stereocenters. The van der Waals surface area contributed by atoms with Gasteiger partial charge in [0.15, 0.2) is 0 Å². The third-order valence-electron chi connectivity index (χ3n) is 3.74. The van der Waals surface area contributed by atoms with E-state index in [1.54, 1.807) is 20.8 Å². The fourth-order valence-electron chi connectivity index (χ4n) is 2.39. The molecule has 5 heteroatoms. The Morgan fingerprint density at radius 1 is 1.26 bits per heavy atom. The van der Waals surface area contributed by atoms with Crippen LogP contribution in [-0.4, -0.2) is 28.8 Å². The van der Waals surface area contributed by atoms with Crippen LogP contribution in [0, 0.1) is 0 Å². The lowest BCUT2D eigenvalue weighted by atomic mass is 10.0. The molecule has 2 rings (SSSR count). The molecule has 0 spiro atoms. The zero-order chi connectivity index (χ0) is 17.0. The number of aryl methyl sites for hydroxylation is 1. The van der Waals surface area contributed by atoms with Crippen molar-refractivity contribution in [3.05, 3.63) is 35.4 Å². The molecule has 1 fully saturated rings. The molecule has 0 bridgehead atoms. The van der Waals surface area contributed by atoms with Gasteiger partial charge in [-0.1, -0.05) is 24.3 Å². The van der Waals surface area contributed by atoms with E-state index in [2.05, 4.69) is 17.4 Å². The molecule has 0 aromatic heterocycles. The molecule has 0 heterocycles. The first-order valence-electron chi connectivity index (χ1n) is 8.06. The molecular formula is C18H25NO4. The van der Waals surface area contributed by atoms with Gasteiger partial charge in [-0.05, 0) is 63.5 Å². The lowest BCUT2D eigenvalue weighted by Gasteiger charge is -2.22. The molecule has 1 aliphatic carbocycles. The molecule has 23 heavy (non-hydrogen) atoms. The maximum absolute atomic E-state index is 11.7.